The van der Waals surface area contributed by atoms with Gasteiger partial charge in [-0.1, -0.05) is 29.3 Å². The number of nitrogens with one attached hydrogen (secondary N) is 1. The van der Waals surface area contributed by atoms with Gasteiger partial charge in [0.1, 0.15) is 0 Å². The summed E-state index contributed by atoms with van der Waals surface area (Å²) in [5.41, 5.74) is 6.75. The number of hydrazine groups is 1. The minimum atomic E-state index is 0.0650. The summed E-state index contributed by atoms with van der Waals surface area (Å²) in [5.74, 6) is 5.82. The fraction of sp³-hybridized carbons (Fsp3) is 0.625. The lowest BCUT2D eigenvalue weighted by atomic mass is 9.96. The number of hydrogen-bond acceptors (Lipinski definition) is 4. The van der Waals surface area contributed by atoms with Crippen LogP contribution in [0.25, 0.3) is 0 Å². The molecular formula is C16H25N3O. The van der Waals surface area contributed by atoms with Gasteiger partial charge >= 0.3 is 0 Å². The summed E-state index contributed by atoms with van der Waals surface area (Å²) in [7, 11) is 0. The van der Waals surface area contributed by atoms with Crippen molar-refractivity contribution in [1.29, 1.82) is 0 Å². The Balaban J connectivity index is 1.79. The zero-order chi connectivity index (χ0) is 14.1. The van der Waals surface area contributed by atoms with E-state index in [9.17, 15) is 0 Å². The standard InChI is InChI=1S/C16H25N3O/c1-11-6-12(2)8-13(7-11)16(18-17)15-9-19-5-3-4-14(19)10-20-15/h6-8,14-16,18H,3-5,9-10,17H2,1-2H3. The lowest BCUT2D eigenvalue weighted by Gasteiger charge is -2.38. The average molecular weight is 275 g/mol. The maximum absolute atomic E-state index is 6.09. The predicted octanol–water partition coefficient (Wildman–Crippen LogP) is 1.67. The lowest BCUT2D eigenvalue weighted by Crippen LogP contribution is -2.51. The molecule has 0 aliphatic carbocycles. The Morgan fingerprint density at radius 3 is 2.75 bits per heavy atom. The van der Waals surface area contributed by atoms with Crippen LogP contribution in [0, 0.1) is 13.8 Å². The van der Waals surface area contributed by atoms with Crippen LogP contribution in [-0.4, -0.2) is 36.7 Å². The number of ether oxygens (including phenoxy) is 1. The van der Waals surface area contributed by atoms with Crippen molar-refractivity contribution >= 4 is 0 Å². The summed E-state index contributed by atoms with van der Waals surface area (Å²) in [4.78, 5) is 2.56. The minimum absolute atomic E-state index is 0.0650. The Kier molecular flexibility index (Phi) is 4.08. The van der Waals surface area contributed by atoms with Gasteiger partial charge in [0.25, 0.3) is 0 Å². The zero-order valence-electron chi connectivity index (χ0n) is 12.4. The molecule has 20 heavy (non-hydrogen) atoms. The van der Waals surface area contributed by atoms with E-state index in [0.29, 0.717) is 6.04 Å². The van der Waals surface area contributed by atoms with Crippen LogP contribution in [0.15, 0.2) is 18.2 Å². The molecule has 2 aliphatic rings. The van der Waals surface area contributed by atoms with Crippen molar-refractivity contribution in [1.82, 2.24) is 10.3 Å². The average Bonchev–Trinajstić information content (AvgIpc) is 2.86. The Morgan fingerprint density at radius 2 is 2.05 bits per heavy atom. The van der Waals surface area contributed by atoms with E-state index in [0.717, 1.165) is 13.2 Å². The maximum atomic E-state index is 6.09. The second-order valence-corrected chi connectivity index (χ2v) is 6.23. The first-order chi connectivity index (χ1) is 9.67. The minimum Gasteiger partial charge on any atom is -0.373 e. The van der Waals surface area contributed by atoms with E-state index in [2.05, 4.69) is 42.4 Å². The van der Waals surface area contributed by atoms with Gasteiger partial charge in [-0.2, -0.15) is 0 Å². The number of morpholine rings is 1. The third kappa shape index (κ3) is 2.74. The van der Waals surface area contributed by atoms with Crippen molar-refractivity contribution in [3.8, 4) is 0 Å². The molecule has 2 aliphatic heterocycles. The molecule has 1 aromatic rings. The molecule has 3 rings (SSSR count). The molecule has 110 valence electrons. The number of fused-ring (bicyclic) bond motifs is 1. The van der Waals surface area contributed by atoms with Gasteiger partial charge in [-0.25, -0.2) is 0 Å². The molecule has 2 fully saturated rings. The van der Waals surface area contributed by atoms with E-state index in [1.54, 1.807) is 0 Å². The van der Waals surface area contributed by atoms with Crippen LogP contribution in [0.1, 0.15) is 35.6 Å². The van der Waals surface area contributed by atoms with E-state index in [1.807, 2.05) is 0 Å². The highest BCUT2D eigenvalue weighted by Crippen LogP contribution is 2.29. The SMILES string of the molecule is Cc1cc(C)cc(C(NN)C2CN3CCCC3CO2)c1. The molecule has 3 atom stereocenters. The number of benzene rings is 1. The van der Waals surface area contributed by atoms with Crippen molar-refractivity contribution in [3.63, 3.8) is 0 Å². The van der Waals surface area contributed by atoms with Crippen LogP contribution >= 0.6 is 0 Å². The summed E-state index contributed by atoms with van der Waals surface area (Å²) in [6.07, 6.45) is 2.71. The molecule has 3 unspecified atom stereocenters. The van der Waals surface area contributed by atoms with Gasteiger partial charge in [0, 0.05) is 12.6 Å². The fourth-order valence-corrected chi connectivity index (χ4v) is 3.65. The van der Waals surface area contributed by atoms with E-state index in [1.165, 1.54) is 36.1 Å². The van der Waals surface area contributed by atoms with Crippen LogP contribution in [0.4, 0.5) is 0 Å². The fourth-order valence-electron chi connectivity index (χ4n) is 3.65. The Labute approximate surface area is 121 Å². The van der Waals surface area contributed by atoms with Gasteiger partial charge in [0.15, 0.2) is 0 Å². The quantitative estimate of drug-likeness (QED) is 0.651. The smallest absolute Gasteiger partial charge is 0.0910 e. The maximum Gasteiger partial charge on any atom is 0.0910 e. The molecule has 0 amide bonds. The number of rotatable bonds is 3. The van der Waals surface area contributed by atoms with Crippen molar-refractivity contribution in [3.05, 3.63) is 34.9 Å². The molecule has 4 heteroatoms. The molecule has 0 radical (unpaired) electrons. The summed E-state index contributed by atoms with van der Waals surface area (Å²) in [6.45, 7) is 7.28. The number of nitrogens with zero attached hydrogens (tertiary/aromatic N) is 1. The summed E-state index contributed by atoms with van der Waals surface area (Å²) >= 11 is 0. The highest BCUT2D eigenvalue weighted by atomic mass is 16.5. The van der Waals surface area contributed by atoms with Gasteiger partial charge in [-0.15, -0.1) is 0 Å². The van der Waals surface area contributed by atoms with Gasteiger partial charge in [0.05, 0.1) is 18.8 Å². The first kappa shape index (κ1) is 14.0. The van der Waals surface area contributed by atoms with Crippen molar-refractivity contribution in [2.75, 3.05) is 19.7 Å². The molecule has 2 heterocycles. The van der Waals surface area contributed by atoms with Crippen molar-refractivity contribution in [2.45, 2.75) is 44.9 Å². The van der Waals surface area contributed by atoms with Crippen LogP contribution < -0.4 is 11.3 Å². The summed E-state index contributed by atoms with van der Waals surface area (Å²) < 4.78 is 6.09. The Morgan fingerprint density at radius 1 is 1.30 bits per heavy atom. The molecule has 1 aromatic carbocycles. The van der Waals surface area contributed by atoms with Crippen LogP contribution in [0.2, 0.25) is 0 Å². The molecule has 0 saturated carbocycles. The van der Waals surface area contributed by atoms with E-state index >= 15 is 0 Å². The molecule has 4 nitrogen and oxygen atoms in total. The molecule has 0 aromatic heterocycles. The first-order valence-electron chi connectivity index (χ1n) is 7.57. The second-order valence-electron chi connectivity index (χ2n) is 6.23. The van der Waals surface area contributed by atoms with Crippen LogP contribution in [0.3, 0.4) is 0 Å². The van der Waals surface area contributed by atoms with E-state index in [4.69, 9.17) is 10.6 Å². The summed E-state index contributed by atoms with van der Waals surface area (Å²) in [5, 5.41) is 0. The van der Waals surface area contributed by atoms with Gasteiger partial charge < -0.3 is 4.74 Å². The van der Waals surface area contributed by atoms with Crippen molar-refractivity contribution < 1.29 is 4.74 Å². The highest BCUT2D eigenvalue weighted by Gasteiger charge is 2.36. The normalized spacial score (nSPS) is 28.4. The predicted molar refractivity (Wildman–Crippen MR) is 80.3 cm³/mol. The highest BCUT2D eigenvalue weighted by molar-refractivity contribution is 5.31. The number of aryl methyl sites for hydroxylation is 2. The molecule has 0 bridgehead atoms. The molecule has 3 N–H and O–H groups in total. The lowest BCUT2D eigenvalue weighted by molar-refractivity contribution is -0.0653. The topological polar surface area (TPSA) is 50.5 Å². The molecule has 0 spiro atoms. The number of hydrogen-bond donors (Lipinski definition) is 2. The second kappa shape index (κ2) is 5.82. The molecular weight excluding hydrogens is 250 g/mol. The van der Waals surface area contributed by atoms with E-state index < -0.39 is 0 Å². The Bertz CT molecular complexity index is 457. The molecule has 2 saturated heterocycles. The van der Waals surface area contributed by atoms with Crippen LogP contribution in [-0.2, 0) is 4.74 Å². The third-order valence-electron chi connectivity index (χ3n) is 4.57. The van der Waals surface area contributed by atoms with Gasteiger partial charge in [0.2, 0.25) is 0 Å². The van der Waals surface area contributed by atoms with Gasteiger partial charge in [-0.05, 0) is 38.8 Å². The summed E-state index contributed by atoms with van der Waals surface area (Å²) in [6, 6.07) is 7.29. The third-order valence-corrected chi connectivity index (χ3v) is 4.57. The first-order valence-corrected chi connectivity index (χ1v) is 7.57. The van der Waals surface area contributed by atoms with Crippen LogP contribution in [0.5, 0.6) is 0 Å². The number of nitrogens with two attached hydrogens (primary N) is 1. The zero-order valence-corrected chi connectivity index (χ0v) is 12.4. The van der Waals surface area contributed by atoms with Gasteiger partial charge in [-0.3, -0.25) is 16.2 Å². The monoisotopic (exact) mass is 275 g/mol. The Hall–Kier alpha value is -0.940. The largest absolute Gasteiger partial charge is 0.373 e. The van der Waals surface area contributed by atoms with Crippen molar-refractivity contribution in [2.24, 2.45) is 5.84 Å². The van der Waals surface area contributed by atoms with E-state index in [-0.39, 0.29) is 12.1 Å².